The first kappa shape index (κ1) is 14.2. The molecule has 0 aliphatic heterocycles. The maximum Gasteiger partial charge on any atom is 0.268 e. The van der Waals surface area contributed by atoms with E-state index in [1.807, 2.05) is 25.1 Å². The summed E-state index contributed by atoms with van der Waals surface area (Å²) in [5, 5.41) is 0.599. The van der Waals surface area contributed by atoms with Gasteiger partial charge in [0, 0.05) is 11.6 Å². The maximum absolute atomic E-state index is 12.8. The van der Waals surface area contributed by atoms with E-state index in [9.17, 15) is 8.42 Å². The molecule has 0 N–H and O–H groups in total. The second-order valence-electron chi connectivity index (χ2n) is 4.83. The van der Waals surface area contributed by atoms with E-state index >= 15 is 0 Å². The van der Waals surface area contributed by atoms with Gasteiger partial charge in [0.1, 0.15) is 0 Å². The fourth-order valence-corrected chi connectivity index (χ4v) is 3.97. The summed E-state index contributed by atoms with van der Waals surface area (Å²) in [4.78, 5) is 0.263. The van der Waals surface area contributed by atoms with Crippen LogP contribution in [0.2, 0.25) is 0 Å². The molecule has 0 saturated heterocycles. The van der Waals surface area contributed by atoms with Crippen molar-refractivity contribution in [2.75, 3.05) is 0 Å². The van der Waals surface area contributed by atoms with Crippen molar-refractivity contribution in [3.8, 4) is 0 Å². The first-order chi connectivity index (χ1) is 10.0. The molecule has 0 aliphatic rings. The van der Waals surface area contributed by atoms with Crippen LogP contribution in [0.25, 0.3) is 10.9 Å². The van der Waals surface area contributed by atoms with E-state index in [2.05, 4.69) is 0 Å². The SMILES string of the molecule is CC(Cl)c1cn(S(=O)(=O)c2ccccc2)c2ccccc12. The summed E-state index contributed by atoms with van der Waals surface area (Å²) in [6.45, 7) is 1.84. The van der Waals surface area contributed by atoms with Crippen molar-refractivity contribution in [3.63, 3.8) is 0 Å². The van der Waals surface area contributed by atoms with E-state index in [0.29, 0.717) is 5.52 Å². The van der Waals surface area contributed by atoms with E-state index in [0.717, 1.165) is 10.9 Å². The van der Waals surface area contributed by atoms with Crippen LogP contribution < -0.4 is 0 Å². The number of hydrogen-bond acceptors (Lipinski definition) is 2. The smallest absolute Gasteiger partial charge is 0.241 e. The van der Waals surface area contributed by atoms with Crippen molar-refractivity contribution < 1.29 is 8.42 Å². The van der Waals surface area contributed by atoms with Gasteiger partial charge in [-0.1, -0.05) is 36.4 Å². The lowest BCUT2D eigenvalue weighted by molar-refractivity contribution is 0.589. The molecule has 0 amide bonds. The lowest BCUT2D eigenvalue weighted by Gasteiger charge is -2.07. The van der Waals surface area contributed by atoms with Gasteiger partial charge in [-0.25, -0.2) is 12.4 Å². The van der Waals surface area contributed by atoms with E-state index in [4.69, 9.17) is 11.6 Å². The first-order valence-electron chi connectivity index (χ1n) is 6.56. The van der Waals surface area contributed by atoms with Crippen LogP contribution in [0.5, 0.6) is 0 Å². The Bertz CT molecular complexity index is 883. The third-order valence-corrected chi connectivity index (χ3v) is 5.36. The number of hydrogen-bond donors (Lipinski definition) is 0. The molecule has 0 bridgehead atoms. The zero-order valence-corrected chi connectivity index (χ0v) is 13.0. The maximum atomic E-state index is 12.8. The Hall–Kier alpha value is -1.78. The number of benzene rings is 2. The summed E-state index contributed by atoms with van der Waals surface area (Å²) in [7, 11) is -3.62. The van der Waals surface area contributed by atoms with Gasteiger partial charge in [-0.3, -0.25) is 0 Å². The molecule has 21 heavy (non-hydrogen) atoms. The van der Waals surface area contributed by atoms with Gasteiger partial charge >= 0.3 is 0 Å². The Balaban J connectivity index is 2.31. The van der Waals surface area contributed by atoms with E-state index in [1.54, 1.807) is 42.6 Å². The molecule has 0 spiro atoms. The second-order valence-corrected chi connectivity index (χ2v) is 7.30. The third-order valence-electron chi connectivity index (χ3n) is 3.44. The van der Waals surface area contributed by atoms with Gasteiger partial charge in [0.15, 0.2) is 0 Å². The molecule has 1 unspecified atom stereocenters. The lowest BCUT2D eigenvalue weighted by Crippen LogP contribution is -2.11. The topological polar surface area (TPSA) is 39.1 Å². The fraction of sp³-hybridized carbons (Fsp3) is 0.125. The monoisotopic (exact) mass is 319 g/mol. The van der Waals surface area contributed by atoms with Gasteiger partial charge in [0.2, 0.25) is 0 Å². The van der Waals surface area contributed by atoms with Gasteiger partial charge in [-0.05, 0) is 30.7 Å². The number of para-hydroxylation sites is 1. The van der Waals surface area contributed by atoms with Crippen LogP contribution in [-0.2, 0) is 10.0 Å². The molecular weight excluding hydrogens is 306 g/mol. The minimum absolute atomic E-state index is 0.262. The van der Waals surface area contributed by atoms with Gasteiger partial charge < -0.3 is 0 Å². The van der Waals surface area contributed by atoms with Crippen LogP contribution in [0, 0.1) is 0 Å². The highest BCUT2D eigenvalue weighted by Gasteiger charge is 2.21. The predicted molar refractivity (Wildman–Crippen MR) is 85.2 cm³/mol. The number of alkyl halides is 1. The highest BCUT2D eigenvalue weighted by atomic mass is 35.5. The summed E-state index contributed by atoms with van der Waals surface area (Å²) >= 11 is 6.18. The molecule has 0 fully saturated rings. The molecule has 1 aromatic heterocycles. The van der Waals surface area contributed by atoms with Gasteiger partial charge in [-0.15, -0.1) is 11.6 Å². The van der Waals surface area contributed by atoms with Crippen molar-refractivity contribution in [1.82, 2.24) is 3.97 Å². The Morgan fingerprint density at radius 3 is 2.29 bits per heavy atom. The van der Waals surface area contributed by atoms with E-state index in [-0.39, 0.29) is 10.3 Å². The minimum Gasteiger partial charge on any atom is -0.241 e. The van der Waals surface area contributed by atoms with Crippen LogP contribution in [0.4, 0.5) is 0 Å². The van der Waals surface area contributed by atoms with Crippen LogP contribution in [0.15, 0.2) is 65.7 Å². The fourth-order valence-electron chi connectivity index (χ4n) is 2.40. The van der Waals surface area contributed by atoms with Gasteiger partial charge in [0.05, 0.1) is 15.8 Å². The summed E-state index contributed by atoms with van der Waals surface area (Å²) < 4.78 is 26.9. The molecule has 5 heteroatoms. The van der Waals surface area contributed by atoms with E-state index < -0.39 is 10.0 Å². The van der Waals surface area contributed by atoms with Gasteiger partial charge in [0.25, 0.3) is 10.0 Å². The summed E-state index contributed by atoms with van der Waals surface area (Å²) in [6, 6.07) is 15.8. The Labute approximate surface area is 128 Å². The summed E-state index contributed by atoms with van der Waals surface area (Å²) in [5.41, 5.74) is 1.45. The van der Waals surface area contributed by atoms with Crippen molar-refractivity contribution >= 4 is 32.5 Å². The van der Waals surface area contributed by atoms with Crippen LogP contribution in [0.3, 0.4) is 0 Å². The Morgan fingerprint density at radius 2 is 1.62 bits per heavy atom. The Morgan fingerprint density at radius 1 is 1.00 bits per heavy atom. The average Bonchev–Trinajstić information content (AvgIpc) is 2.88. The average molecular weight is 320 g/mol. The van der Waals surface area contributed by atoms with Crippen LogP contribution in [0.1, 0.15) is 17.9 Å². The molecule has 3 rings (SSSR count). The lowest BCUT2D eigenvalue weighted by atomic mass is 10.1. The number of nitrogens with zero attached hydrogens (tertiary/aromatic N) is 1. The summed E-state index contributed by atoms with van der Waals surface area (Å²) in [5.74, 6) is 0. The molecule has 1 heterocycles. The van der Waals surface area contributed by atoms with Crippen LogP contribution in [-0.4, -0.2) is 12.4 Å². The standard InChI is InChI=1S/C16H14ClNO2S/c1-12(17)15-11-18(16-10-6-5-9-14(15)16)21(19,20)13-7-3-2-4-8-13/h2-12H,1H3. The molecule has 108 valence electrons. The zero-order chi connectivity index (χ0) is 15.0. The van der Waals surface area contributed by atoms with Crippen LogP contribution >= 0.6 is 11.6 Å². The number of halogens is 1. The molecule has 2 aromatic carbocycles. The molecule has 3 nitrogen and oxygen atoms in total. The van der Waals surface area contributed by atoms with Gasteiger partial charge in [-0.2, -0.15) is 0 Å². The third kappa shape index (κ3) is 2.34. The van der Waals surface area contributed by atoms with E-state index in [1.165, 1.54) is 3.97 Å². The molecule has 0 aliphatic carbocycles. The van der Waals surface area contributed by atoms with Crippen molar-refractivity contribution in [1.29, 1.82) is 0 Å². The van der Waals surface area contributed by atoms with Crippen molar-refractivity contribution in [2.45, 2.75) is 17.2 Å². The molecule has 0 saturated carbocycles. The molecule has 3 aromatic rings. The molecular formula is C16H14ClNO2S. The Kier molecular flexibility index (Phi) is 3.51. The minimum atomic E-state index is -3.62. The number of rotatable bonds is 3. The molecule has 1 atom stereocenters. The highest BCUT2D eigenvalue weighted by Crippen LogP contribution is 2.32. The largest absolute Gasteiger partial charge is 0.268 e. The summed E-state index contributed by atoms with van der Waals surface area (Å²) in [6.07, 6.45) is 1.62. The predicted octanol–water partition coefficient (Wildman–Crippen LogP) is 4.18. The highest BCUT2D eigenvalue weighted by molar-refractivity contribution is 7.90. The molecule has 0 radical (unpaired) electrons. The van der Waals surface area contributed by atoms with Crippen molar-refractivity contribution in [2.24, 2.45) is 0 Å². The quantitative estimate of drug-likeness (QED) is 0.679. The number of aromatic nitrogens is 1. The zero-order valence-electron chi connectivity index (χ0n) is 11.4. The van der Waals surface area contributed by atoms with Crippen molar-refractivity contribution in [3.05, 3.63) is 66.4 Å². The second kappa shape index (κ2) is 5.20. The normalized spacial score (nSPS) is 13.4. The first-order valence-corrected chi connectivity index (χ1v) is 8.44. The number of fused-ring (bicyclic) bond motifs is 1.